The average molecular weight is 388 g/mol. The molecule has 1 fully saturated rings. The molecule has 2 aromatic rings. The molecule has 0 atom stereocenters. The van der Waals surface area contributed by atoms with E-state index in [0.29, 0.717) is 12.8 Å². The molecular formula is C24H24N2O3. The molecule has 2 N–H and O–H groups in total. The molecule has 3 rings (SSSR count). The fourth-order valence-corrected chi connectivity index (χ4v) is 3.52. The van der Waals surface area contributed by atoms with Crippen LogP contribution in [0.2, 0.25) is 0 Å². The standard InChI is InChI=1S/C24H24N2O3/c25-17-23(28)22(27)16-24(29)26-14-8-7-13-20(26)15-21(18-9-3-1-4-10-18)19-11-5-2-6-12-19/h1-6,9-12,15-17,21,25,27H,7-8,13-14H2/b20-15+,22-16-,25-17?. The van der Waals surface area contributed by atoms with Crippen LogP contribution in [0, 0.1) is 5.41 Å². The highest BCUT2D eigenvalue weighted by molar-refractivity contribution is 6.33. The van der Waals surface area contributed by atoms with E-state index in [4.69, 9.17) is 5.41 Å². The Hall–Kier alpha value is -3.47. The fraction of sp³-hybridized carbons (Fsp3) is 0.208. The van der Waals surface area contributed by atoms with Gasteiger partial charge in [-0.3, -0.25) is 9.59 Å². The normalized spacial score (nSPS) is 16.1. The Bertz CT molecular complexity index is 894. The summed E-state index contributed by atoms with van der Waals surface area (Å²) >= 11 is 0. The second-order valence-electron chi connectivity index (χ2n) is 6.94. The van der Waals surface area contributed by atoms with E-state index in [1.54, 1.807) is 4.90 Å². The highest BCUT2D eigenvalue weighted by Gasteiger charge is 2.23. The molecule has 1 heterocycles. The van der Waals surface area contributed by atoms with Gasteiger partial charge in [0.25, 0.3) is 5.91 Å². The molecule has 0 bridgehead atoms. The SMILES string of the molecule is N=CC(=O)/C(O)=C/C(=O)N1CCCC/C1=C\C(c1ccccc1)c1ccccc1. The Morgan fingerprint density at radius 3 is 2.10 bits per heavy atom. The van der Waals surface area contributed by atoms with Crippen LogP contribution < -0.4 is 0 Å². The summed E-state index contributed by atoms with van der Waals surface area (Å²) in [7, 11) is 0. The van der Waals surface area contributed by atoms with E-state index in [0.717, 1.165) is 42.2 Å². The summed E-state index contributed by atoms with van der Waals surface area (Å²) in [6, 6.07) is 20.2. The van der Waals surface area contributed by atoms with Crippen LogP contribution >= 0.6 is 0 Å². The molecular weight excluding hydrogens is 364 g/mol. The van der Waals surface area contributed by atoms with Crippen LogP contribution in [-0.2, 0) is 9.59 Å². The number of likely N-dealkylation sites (tertiary alicyclic amines) is 1. The average Bonchev–Trinajstić information content (AvgIpc) is 2.78. The number of aliphatic hydroxyl groups excluding tert-OH is 1. The minimum Gasteiger partial charge on any atom is -0.504 e. The zero-order chi connectivity index (χ0) is 20.6. The molecule has 0 saturated carbocycles. The molecule has 1 aliphatic rings. The van der Waals surface area contributed by atoms with Crippen LogP contribution in [0.1, 0.15) is 36.3 Å². The van der Waals surface area contributed by atoms with Crippen LogP contribution in [0.3, 0.4) is 0 Å². The lowest BCUT2D eigenvalue weighted by molar-refractivity contribution is -0.125. The number of nitrogens with zero attached hydrogens (tertiary/aromatic N) is 1. The molecule has 1 aliphatic heterocycles. The number of carbonyl (C=O) groups is 2. The minimum absolute atomic E-state index is 0.0124. The number of aliphatic hydroxyl groups is 1. The number of allylic oxidation sites excluding steroid dienone is 3. The van der Waals surface area contributed by atoms with Crippen LogP contribution in [0.4, 0.5) is 0 Å². The van der Waals surface area contributed by atoms with Gasteiger partial charge < -0.3 is 15.4 Å². The van der Waals surface area contributed by atoms with Crippen molar-refractivity contribution in [2.75, 3.05) is 6.54 Å². The maximum absolute atomic E-state index is 12.7. The second kappa shape index (κ2) is 9.64. The first-order chi connectivity index (χ1) is 14.1. The summed E-state index contributed by atoms with van der Waals surface area (Å²) in [5, 5.41) is 16.7. The van der Waals surface area contributed by atoms with E-state index < -0.39 is 17.4 Å². The highest BCUT2D eigenvalue weighted by atomic mass is 16.3. The van der Waals surface area contributed by atoms with Gasteiger partial charge in [0.2, 0.25) is 5.78 Å². The van der Waals surface area contributed by atoms with Gasteiger partial charge in [0.05, 0.1) is 6.21 Å². The second-order valence-corrected chi connectivity index (χ2v) is 6.94. The lowest BCUT2D eigenvalue weighted by Crippen LogP contribution is -2.33. The van der Waals surface area contributed by atoms with Crippen LogP contribution in [0.5, 0.6) is 0 Å². The molecule has 0 spiro atoms. The minimum atomic E-state index is -0.882. The lowest BCUT2D eigenvalue weighted by atomic mass is 9.89. The van der Waals surface area contributed by atoms with Gasteiger partial charge in [0.15, 0.2) is 5.76 Å². The summed E-state index contributed by atoms with van der Waals surface area (Å²) < 4.78 is 0. The van der Waals surface area contributed by atoms with E-state index in [2.05, 4.69) is 30.3 Å². The summed E-state index contributed by atoms with van der Waals surface area (Å²) in [6.45, 7) is 0.531. The highest BCUT2D eigenvalue weighted by Crippen LogP contribution is 2.31. The summed E-state index contributed by atoms with van der Waals surface area (Å²) in [6.07, 6.45) is 6.08. The monoisotopic (exact) mass is 388 g/mol. The number of ketones is 1. The molecule has 1 saturated heterocycles. The molecule has 0 aromatic heterocycles. The molecule has 0 aliphatic carbocycles. The Morgan fingerprint density at radius 2 is 1.55 bits per heavy atom. The van der Waals surface area contributed by atoms with Gasteiger partial charge in [0.1, 0.15) is 0 Å². The zero-order valence-electron chi connectivity index (χ0n) is 16.1. The largest absolute Gasteiger partial charge is 0.504 e. The van der Waals surface area contributed by atoms with Crippen molar-refractivity contribution in [1.29, 1.82) is 5.41 Å². The number of benzene rings is 2. The maximum atomic E-state index is 12.7. The Morgan fingerprint density at radius 1 is 0.966 bits per heavy atom. The summed E-state index contributed by atoms with van der Waals surface area (Å²) in [4.78, 5) is 25.7. The van der Waals surface area contributed by atoms with E-state index in [9.17, 15) is 14.7 Å². The van der Waals surface area contributed by atoms with E-state index >= 15 is 0 Å². The van der Waals surface area contributed by atoms with Crippen molar-refractivity contribution < 1.29 is 14.7 Å². The topological polar surface area (TPSA) is 81.5 Å². The quantitative estimate of drug-likeness (QED) is 0.438. The Kier molecular flexibility index (Phi) is 6.74. The molecule has 1 amide bonds. The van der Waals surface area contributed by atoms with Gasteiger partial charge in [-0.25, -0.2) is 0 Å². The summed E-state index contributed by atoms with van der Waals surface area (Å²) in [5.74, 6) is -2.05. The van der Waals surface area contributed by atoms with Crippen molar-refractivity contribution in [1.82, 2.24) is 4.90 Å². The Labute approximate surface area is 170 Å². The third-order valence-corrected chi connectivity index (χ3v) is 5.00. The summed E-state index contributed by atoms with van der Waals surface area (Å²) in [5.41, 5.74) is 3.13. The van der Waals surface area contributed by atoms with Crippen molar-refractivity contribution >= 4 is 17.9 Å². The van der Waals surface area contributed by atoms with Gasteiger partial charge in [-0.15, -0.1) is 0 Å². The predicted octanol–water partition coefficient (Wildman–Crippen LogP) is 4.38. The first-order valence-corrected chi connectivity index (χ1v) is 9.67. The van der Waals surface area contributed by atoms with Gasteiger partial charge in [-0.1, -0.05) is 66.7 Å². The van der Waals surface area contributed by atoms with Gasteiger partial charge in [0, 0.05) is 24.2 Å². The smallest absolute Gasteiger partial charge is 0.254 e. The number of piperidine rings is 1. The van der Waals surface area contributed by atoms with E-state index in [1.165, 1.54) is 0 Å². The van der Waals surface area contributed by atoms with Gasteiger partial charge in [-0.2, -0.15) is 0 Å². The van der Waals surface area contributed by atoms with Crippen molar-refractivity contribution in [3.05, 3.63) is 95.4 Å². The number of hydrogen-bond donors (Lipinski definition) is 2. The molecule has 2 aromatic carbocycles. The predicted molar refractivity (Wildman–Crippen MR) is 113 cm³/mol. The number of carbonyl (C=O) groups excluding carboxylic acids is 2. The van der Waals surface area contributed by atoms with Crippen molar-refractivity contribution in [3.8, 4) is 0 Å². The number of rotatable bonds is 6. The molecule has 0 unspecified atom stereocenters. The van der Waals surface area contributed by atoms with Gasteiger partial charge >= 0.3 is 0 Å². The third kappa shape index (κ3) is 5.08. The fourth-order valence-electron chi connectivity index (χ4n) is 3.52. The number of hydrogen-bond acceptors (Lipinski definition) is 4. The molecule has 29 heavy (non-hydrogen) atoms. The maximum Gasteiger partial charge on any atom is 0.254 e. The van der Waals surface area contributed by atoms with Crippen molar-refractivity contribution in [3.63, 3.8) is 0 Å². The number of Topliss-reactive ketones (excluding diaryl/α,β-unsaturated/α-hetero) is 1. The first kappa shape index (κ1) is 20.3. The van der Waals surface area contributed by atoms with Crippen LogP contribution in [0.25, 0.3) is 0 Å². The number of amides is 1. The molecule has 0 radical (unpaired) electrons. The van der Waals surface area contributed by atoms with Crippen LogP contribution in [0.15, 0.2) is 84.3 Å². The Balaban J connectivity index is 1.97. The van der Waals surface area contributed by atoms with Crippen LogP contribution in [-0.4, -0.2) is 34.5 Å². The van der Waals surface area contributed by atoms with E-state index in [1.807, 2.05) is 36.4 Å². The molecule has 5 heteroatoms. The first-order valence-electron chi connectivity index (χ1n) is 9.67. The third-order valence-electron chi connectivity index (χ3n) is 5.00. The van der Waals surface area contributed by atoms with Crippen molar-refractivity contribution in [2.45, 2.75) is 25.2 Å². The molecule has 148 valence electrons. The lowest BCUT2D eigenvalue weighted by Gasteiger charge is -2.30. The van der Waals surface area contributed by atoms with Gasteiger partial charge in [-0.05, 0) is 30.4 Å². The number of nitrogens with one attached hydrogen (secondary N) is 1. The van der Waals surface area contributed by atoms with E-state index in [-0.39, 0.29) is 5.92 Å². The molecule has 5 nitrogen and oxygen atoms in total. The van der Waals surface area contributed by atoms with Crippen molar-refractivity contribution in [2.24, 2.45) is 0 Å². The zero-order valence-corrected chi connectivity index (χ0v) is 16.1.